The van der Waals surface area contributed by atoms with Crippen molar-refractivity contribution in [1.82, 2.24) is 39.0 Å². The summed E-state index contributed by atoms with van der Waals surface area (Å²) in [7, 11) is 0. The molecule has 0 spiro atoms. The number of rotatable bonds is 7. The van der Waals surface area contributed by atoms with Crippen LogP contribution < -0.4 is 11.5 Å². The van der Waals surface area contributed by atoms with Crippen molar-refractivity contribution in [3.8, 4) is 0 Å². The van der Waals surface area contributed by atoms with Gasteiger partial charge >= 0.3 is 0 Å². The smallest absolute Gasteiger partial charge is 0.167 e. The molecule has 45 heavy (non-hydrogen) atoms. The molecule has 5 N–H and O–H groups in total. The van der Waals surface area contributed by atoms with E-state index in [1.807, 2.05) is 36.8 Å². The Balaban J connectivity index is 1.07. The molecule has 17 nitrogen and oxygen atoms in total. The number of thioether (sulfide) groups is 1. The molecule has 4 aromatic heterocycles. The average molecular weight is 643 g/mol. The Morgan fingerprint density at radius 1 is 0.778 bits per heavy atom. The van der Waals surface area contributed by atoms with E-state index in [9.17, 15) is 5.11 Å². The maximum Gasteiger partial charge on any atom is 0.167 e. The van der Waals surface area contributed by atoms with Gasteiger partial charge in [-0.2, -0.15) is 11.8 Å². The van der Waals surface area contributed by atoms with Gasteiger partial charge in [-0.25, -0.2) is 29.9 Å². The van der Waals surface area contributed by atoms with Gasteiger partial charge in [-0.3, -0.25) is 9.13 Å². The molecule has 0 aromatic carbocycles. The second-order valence-corrected chi connectivity index (χ2v) is 13.4. The summed E-state index contributed by atoms with van der Waals surface area (Å²) in [5.41, 5.74) is 14.3. The zero-order valence-electron chi connectivity index (χ0n) is 25.0. The molecular weight excluding hydrogens is 608 g/mol. The van der Waals surface area contributed by atoms with Crippen molar-refractivity contribution >= 4 is 45.7 Å². The second kappa shape index (κ2) is 10.4. The number of fused-ring (bicyclic) bond motifs is 4. The summed E-state index contributed by atoms with van der Waals surface area (Å²) >= 11 is 1.60. The third-order valence-electron chi connectivity index (χ3n) is 8.44. The molecule has 4 aliphatic rings. The number of hydrogen-bond donors (Lipinski definition) is 3. The molecular formula is C27H34N10O7S. The maximum absolute atomic E-state index is 10.1. The fourth-order valence-electron chi connectivity index (χ4n) is 6.69. The lowest BCUT2D eigenvalue weighted by Crippen LogP contribution is -2.31. The number of nitrogens with two attached hydrogens (primary N) is 2. The van der Waals surface area contributed by atoms with Crippen LogP contribution in [0.15, 0.2) is 19.0 Å². The highest BCUT2D eigenvalue weighted by Crippen LogP contribution is 2.46. The van der Waals surface area contributed by atoms with Crippen LogP contribution in [0.2, 0.25) is 0 Å². The monoisotopic (exact) mass is 642 g/mol. The number of anilines is 2. The third kappa shape index (κ3) is 4.73. The number of aliphatic hydroxyl groups excluding tert-OH is 1. The summed E-state index contributed by atoms with van der Waals surface area (Å²) in [6.45, 7) is 7.23. The predicted octanol–water partition coefficient (Wildman–Crippen LogP) is 0.891. The first-order valence-corrected chi connectivity index (χ1v) is 15.8. The molecule has 0 unspecified atom stereocenters. The Morgan fingerprint density at radius 2 is 1.38 bits per heavy atom. The highest BCUT2D eigenvalue weighted by Gasteiger charge is 2.57. The van der Waals surface area contributed by atoms with Gasteiger partial charge in [0.05, 0.1) is 24.8 Å². The molecule has 0 aliphatic carbocycles. The number of hydrogen-bond acceptors (Lipinski definition) is 16. The molecule has 8 rings (SSSR count). The summed E-state index contributed by atoms with van der Waals surface area (Å²) in [5, 5.41) is 10.1. The van der Waals surface area contributed by atoms with E-state index in [2.05, 4.69) is 24.9 Å². The number of nitrogen functional groups attached to an aromatic ring is 2. The topological polar surface area (TPSA) is 215 Å². The summed E-state index contributed by atoms with van der Waals surface area (Å²) in [6.07, 6.45) is 0.622. The van der Waals surface area contributed by atoms with Gasteiger partial charge in [0.25, 0.3) is 0 Å². The van der Waals surface area contributed by atoms with Crippen molar-refractivity contribution in [3.63, 3.8) is 0 Å². The van der Waals surface area contributed by atoms with Crippen molar-refractivity contribution in [2.24, 2.45) is 0 Å². The molecule has 0 saturated carbocycles. The van der Waals surface area contributed by atoms with Crippen molar-refractivity contribution in [2.75, 3.05) is 23.8 Å². The molecule has 18 heteroatoms. The molecule has 8 atom stereocenters. The fourth-order valence-corrected chi connectivity index (χ4v) is 7.70. The zero-order valence-corrected chi connectivity index (χ0v) is 25.8. The van der Waals surface area contributed by atoms with Crippen molar-refractivity contribution < 1.29 is 33.5 Å². The van der Waals surface area contributed by atoms with Gasteiger partial charge in [-0.1, -0.05) is 0 Å². The lowest BCUT2D eigenvalue weighted by Gasteiger charge is -2.25. The molecule has 4 saturated heterocycles. The van der Waals surface area contributed by atoms with Crippen molar-refractivity contribution in [1.29, 1.82) is 0 Å². The highest BCUT2D eigenvalue weighted by atomic mass is 32.2. The van der Waals surface area contributed by atoms with Crippen molar-refractivity contribution in [2.45, 2.75) is 94.1 Å². The van der Waals surface area contributed by atoms with Crippen molar-refractivity contribution in [3.05, 3.63) is 24.8 Å². The van der Waals surface area contributed by atoms with E-state index in [4.69, 9.17) is 44.9 Å². The first-order valence-electron chi connectivity index (χ1n) is 14.6. The minimum atomic E-state index is -0.841. The van der Waals surface area contributed by atoms with E-state index in [1.165, 1.54) is 12.7 Å². The first-order chi connectivity index (χ1) is 21.5. The Morgan fingerprint density at radius 3 is 2.09 bits per heavy atom. The van der Waals surface area contributed by atoms with Gasteiger partial charge in [-0.15, -0.1) is 0 Å². The molecule has 4 fully saturated rings. The van der Waals surface area contributed by atoms with E-state index < -0.39 is 48.4 Å². The quantitative estimate of drug-likeness (QED) is 0.255. The van der Waals surface area contributed by atoms with E-state index in [0.717, 1.165) is 0 Å². The van der Waals surface area contributed by atoms with Crippen LogP contribution in [0.4, 0.5) is 11.6 Å². The van der Waals surface area contributed by atoms with Crippen LogP contribution in [-0.2, 0) is 34.2 Å². The van der Waals surface area contributed by atoms with E-state index in [-0.39, 0.29) is 24.6 Å². The lowest BCUT2D eigenvalue weighted by atomic mass is 10.1. The van der Waals surface area contributed by atoms with Crippen LogP contribution in [-0.4, -0.2) is 105 Å². The highest BCUT2D eigenvalue weighted by molar-refractivity contribution is 7.98. The molecule has 8 heterocycles. The minimum absolute atomic E-state index is 0.225. The van der Waals surface area contributed by atoms with Crippen LogP contribution in [0, 0.1) is 0 Å². The number of nitrogens with zero attached hydrogens (tertiary/aromatic N) is 8. The zero-order chi connectivity index (χ0) is 31.2. The van der Waals surface area contributed by atoms with Crippen LogP contribution in [0.25, 0.3) is 22.3 Å². The second-order valence-electron chi connectivity index (χ2n) is 12.4. The number of aliphatic hydroxyl groups is 1. The molecule has 0 bridgehead atoms. The predicted molar refractivity (Wildman–Crippen MR) is 158 cm³/mol. The Hall–Kier alpha value is -3.23. The minimum Gasteiger partial charge on any atom is -0.394 e. The fraction of sp³-hybridized carbons (Fsp3) is 0.630. The molecule has 0 radical (unpaired) electrons. The normalized spacial score (nSPS) is 33.4. The van der Waals surface area contributed by atoms with Gasteiger partial charge in [0.2, 0.25) is 0 Å². The van der Waals surface area contributed by atoms with Crippen LogP contribution in [0.1, 0.15) is 46.0 Å². The van der Waals surface area contributed by atoms with Crippen LogP contribution >= 0.6 is 11.8 Å². The van der Waals surface area contributed by atoms with Gasteiger partial charge in [0.15, 0.2) is 52.5 Å². The number of aromatic nitrogens is 8. The van der Waals surface area contributed by atoms with E-state index >= 15 is 0 Å². The van der Waals surface area contributed by atoms with Crippen LogP contribution in [0.5, 0.6) is 0 Å². The number of imidazole rings is 2. The number of ether oxygens (including phenoxy) is 6. The van der Waals surface area contributed by atoms with Gasteiger partial charge < -0.3 is 45.0 Å². The third-order valence-corrected chi connectivity index (χ3v) is 9.46. The molecule has 4 aromatic rings. The summed E-state index contributed by atoms with van der Waals surface area (Å²) in [6, 6.07) is 0. The summed E-state index contributed by atoms with van der Waals surface area (Å²) in [4.78, 5) is 26.3. The Kier molecular flexibility index (Phi) is 6.74. The molecule has 4 aliphatic heterocycles. The Bertz CT molecular complexity index is 1770. The average Bonchev–Trinajstić information content (AvgIpc) is 3.80. The first kappa shape index (κ1) is 29.2. The van der Waals surface area contributed by atoms with Gasteiger partial charge in [0, 0.05) is 5.75 Å². The van der Waals surface area contributed by atoms with Gasteiger partial charge in [0.1, 0.15) is 54.5 Å². The Labute approximate surface area is 260 Å². The van der Waals surface area contributed by atoms with Gasteiger partial charge in [-0.05, 0) is 27.7 Å². The maximum atomic E-state index is 10.1. The largest absolute Gasteiger partial charge is 0.394 e. The SMILES string of the molecule is CC1(C)O[C@@H]2[C@H](O1)[C@@H](CSCc1nc3c(N)ncnc3n1[C@@H]1O[C@H](CO)[C@H]3OC(C)(C)O[C@H]31)O[C@H]2n1cnc2c(N)ncnc21. The van der Waals surface area contributed by atoms with E-state index in [1.54, 1.807) is 18.1 Å². The summed E-state index contributed by atoms with van der Waals surface area (Å²) in [5.74, 6) is 0.555. The molecule has 0 amide bonds. The summed E-state index contributed by atoms with van der Waals surface area (Å²) < 4.78 is 41.5. The lowest BCUT2D eigenvalue weighted by molar-refractivity contribution is -0.199. The molecule has 240 valence electrons. The van der Waals surface area contributed by atoms with E-state index in [0.29, 0.717) is 45.5 Å². The van der Waals surface area contributed by atoms with Crippen LogP contribution in [0.3, 0.4) is 0 Å². The standard InChI is InChI=1S/C27H34N10O7S/c1-26(2)41-16-11(5-38)39-25(19(16)44-26)37-13(35-15-21(29)31-9-33-23(15)37)7-45-6-12-17-18(43-27(3,4)42-17)24(40-12)36-10-34-14-20(28)30-8-32-22(14)36/h8-12,16-19,24-25,38H,5-7H2,1-4H3,(H2,28,30,32)(H2,29,31,33)/t11-,12-,16-,17-,18-,19-,24-,25-/m1/s1.